The molecule has 0 saturated heterocycles. The number of nitro benzene ring substituents is 1. The lowest BCUT2D eigenvalue weighted by molar-refractivity contribution is -0.385. The van der Waals surface area contributed by atoms with Crippen LogP contribution < -0.4 is 10.6 Å². The molecule has 0 aromatic heterocycles. The second-order valence-corrected chi connectivity index (χ2v) is 5.81. The number of carbonyl (C=O) groups excluding carboxylic acids is 1. The van der Waals surface area contributed by atoms with Crippen LogP contribution in [-0.4, -0.2) is 22.4 Å². The number of anilines is 1. The molecule has 6 nitrogen and oxygen atoms in total. The minimum absolute atomic E-state index is 0.0402. The topological polar surface area (TPSA) is 84.3 Å². The predicted molar refractivity (Wildman–Crippen MR) is 78.8 cm³/mol. The van der Waals surface area contributed by atoms with Gasteiger partial charge < -0.3 is 10.6 Å². The van der Waals surface area contributed by atoms with Gasteiger partial charge >= 0.3 is 0 Å². The summed E-state index contributed by atoms with van der Waals surface area (Å²) < 4.78 is 0. The van der Waals surface area contributed by atoms with Crippen molar-refractivity contribution in [3.05, 3.63) is 33.9 Å². The van der Waals surface area contributed by atoms with Crippen LogP contribution in [0.5, 0.6) is 0 Å². The van der Waals surface area contributed by atoms with E-state index in [4.69, 9.17) is 0 Å². The van der Waals surface area contributed by atoms with Gasteiger partial charge in [-0.05, 0) is 40.7 Å². The first-order valence-corrected chi connectivity index (χ1v) is 6.44. The Morgan fingerprint density at radius 2 is 1.95 bits per heavy atom. The molecule has 0 aliphatic carbocycles. The van der Waals surface area contributed by atoms with Crippen LogP contribution in [0.25, 0.3) is 0 Å². The van der Waals surface area contributed by atoms with Gasteiger partial charge in [0.25, 0.3) is 5.69 Å². The van der Waals surface area contributed by atoms with E-state index in [2.05, 4.69) is 10.6 Å². The van der Waals surface area contributed by atoms with Crippen LogP contribution in [0.2, 0.25) is 0 Å². The van der Waals surface area contributed by atoms with Crippen LogP contribution in [0.15, 0.2) is 18.2 Å². The molecule has 1 atom stereocenters. The number of hydrogen-bond donors (Lipinski definition) is 2. The molecule has 0 bridgehead atoms. The Bertz CT molecular complexity index is 521. The molecular weight excluding hydrogens is 258 g/mol. The standard InChI is InChI=1S/C14H21N3O3/c1-9-11(7-6-8-12(9)17(19)20)15-10(2)13(18)16-14(3,4)5/h6-8,10,15H,1-5H3,(H,16,18). The summed E-state index contributed by atoms with van der Waals surface area (Å²) in [5.41, 5.74) is 0.840. The zero-order chi connectivity index (χ0) is 15.5. The van der Waals surface area contributed by atoms with E-state index in [1.54, 1.807) is 26.0 Å². The van der Waals surface area contributed by atoms with Gasteiger partial charge in [0.05, 0.1) is 4.92 Å². The molecule has 1 aromatic rings. The fourth-order valence-electron chi connectivity index (χ4n) is 1.75. The van der Waals surface area contributed by atoms with Crippen LogP contribution in [0.1, 0.15) is 33.3 Å². The van der Waals surface area contributed by atoms with Gasteiger partial charge in [-0.1, -0.05) is 6.07 Å². The van der Waals surface area contributed by atoms with E-state index in [1.807, 2.05) is 20.8 Å². The fraction of sp³-hybridized carbons (Fsp3) is 0.500. The minimum Gasteiger partial charge on any atom is -0.373 e. The van der Waals surface area contributed by atoms with Crippen LogP contribution in [-0.2, 0) is 4.79 Å². The lowest BCUT2D eigenvalue weighted by atomic mass is 10.1. The third-order valence-corrected chi connectivity index (χ3v) is 2.77. The lowest BCUT2D eigenvalue weighted by Gasteiger charge is -2.24. The smallest absolute Gasteiger partial charge is 0.274 e. The van der Waals surface area contributed by atoms with Crippen molar-refractivity contribution in [3.63, 3.8) is 0 Å². The SMILES string of the molecule is Cc1c(NC(C)C(=O)NC(C)(C)C)cccc1[N+](=O)[O-]. The van der Waals surface area contributed by atoms with Crippen molar-refractivity contribution < 1.29 is 9.72 Å². The molecular formula is C14H21N3O3. The number of rotatable bonds is 4. The quantitative estimate of drug-likeness (QED) is 0.655. The monoisotopic (exact) mass is 279 g/mol. The van der Waals surface area contributed by atoms with Crippen molar-refractivity contribution in [2.45, 2.75) is 46.2 Å². The highest BCUT2D eigenvalue weighted by molar-refractivity contribution is 5.85. The summed E-state index contributed by atoms with van der Waals surface area (Å²) in [7, 11) is 0. The van der Waals surface area contributed by atoms with E-state index in [1.165, 1.54) is 6.07 Å². The zero-order valence-corrected chi connectivity index (χ0v) is 12.5. The maximum absolute atomic E-state index is 12.0. The van der Waals surface area contributed by atoms with Gasteiger partial charge in [-0.25, -0.2) is 0 Å². The molecule has 0 saturated carbocycles. The normalized spacial score (nSPS) is 12.7. The van der Waals surface area contributed by atoms with E-state index in [0.717, 1.165) is 0 Å². The average Bonchev–Trinajstić information content (AvgIpc) is 2.29. The number of hydrogen-bond acceptors (Lipinski definition) is 4. The highest BCUT2D eigenvalue weighted by atomic mass is 16.6. The van der Waals surface area contributed by atoms with Gasteiger partial charge in [0.15, 0.2) is 0 Å². The minimum atomic E-state index is -0.477. The first kappa shape index (κ1) is 15.9. The van der Waals surface area contributed by atoms with Crippen molar-refractivity contribution >= 4 is 17.3 Å². The summed E-state index contributed by atoms with van der Waals surface area (Å²) in [5, 5.41) is 16.8. The van der Waals surface area contributed by atoms with Crippen molar-refractivity contribution in [3.8, 4) is 0 Å². The van der Waals surface area contributed by atoms with Crippen LogP contribution >= 0.6 is 0 Å². The third-order valence-electron chi connectivity index (χ3n) is 2.77. The van der Waals surface area contributed by atoms with Gasteiger partial charge in [0, 0.05) is 22.9 Å². The van der Waals surface area contributed by atoms with Crippen molar-refractivity contribution in [1.82, 2.24) is 5.32 Å². The number of nitro groups is 1. The van der Waals surface area contributed by atoms with Gasteiger partial charge in [0.1, 0.15) is 6.04 Å². The summed E-state index contributed by atoms with van der Waals surface area (Å²) in [6.07, 6.45) is 0. The number of nitrogens with one attached hydrogen (secondary N) is 2. The van der Waals surface area contributed by atoms with E-state index in [0.29, 0.717) is 11.3 Å². The van der Waals surface area contributed by atoms with Crippen LogP contribution in [0, 0.1) is 17.0 Å². The molecule has 1 unspecified atom stereocenters. The molecule has 0 radical (unpaired) electrons. The van der Waals surface area contributed by atoms with Crippen molar-refractivity contribution in [1.29, 1.82) is 0 Å². The van der Waals surface area contributed by atoms with Gasteiger partial charge in [-0.3, -0.25) is 14.9 Å². The summed E-state index contributed by atoms with van der Waals surface area (Å²) in [4.78, 5) is 22.4. The Morgan fingerprint density at radius 1 is 1.35 bits per heavy atom. The molecule has 0 aliphatic rings. The Balaban J connectivity index is 2.86. The Morgan fingerprint density at radius 3 is 2.45 bits per heavy atom. The van der Waals surface area contributed by atoms with E-state index in [9.17, 15) is 14.9 Å². The summed E-state index contributed by atoms with van der Waals surface area (Å²) >= 11 is 0. The molecule has 2 N–H and O–H groups in total. The number of benzene rings is 1. The maximum atomic E-state index is 12.0. The predicted octanol–water partition coefficient (Wildman–Crippen LogP) is 2.62. The van der Waals surface area contributed by atoms with E-state index >= 15 is 0 Å². The summed E-state index contributed by atoms with van der Waals surface area (Å²) in [5.74, 6) is -0.150. The maximum Gasteiger partial charge on any atom is 0.274 e. The van der Waals surface area contributed by atoms with E-state index < -0.39 is 11.0 Å². The second kappa shape index (κ2) is 5.90. The third kappa shape index (κ3) is 4.22. The fourth-order valence-corrected chi connectivity index (χ4v) is 1.75. The van der Waals surface area contributed by atoms with E-state index in [-0.39, 0.29) is 17.1 Å². The largest absolute Gasteiger partial charge is 0.373 e. The molecule has 20 heavy (non-hydrogen) atoms. The van der Waals surface area contributed by atoms with Gasteiger partial charge in [-0.2, -0.15) is 0 Å². The van der Waals surface area contributed by atoms with Crippen LogP contribution in [0.4, 0.5) is 11.4 Å². The molecule has 0 spiro atoms. The molecule has 0 fully saturated rings. The molecule has 110 valence electrons. The molecule has 0 aliphatic heterocycles. The second-order valence-electron chi connectivity index (χ2n) is 5.81. The highest BCUT2D eigenvalue weighted by Gasteiger charge is 2.21. The number of carbonyl (C=O) groups is 1. The molecule has 6 heteroatoms. The Kier molecular flexibility index (Phi) is 4.70. The first-order chi connectivity index (χ1) is 9.11. The lowest BCUT2D eigenvalue weighted by Crippen LogP contribution is -2.47. The van der Waals surface area contributed by atoms with Gasteiger partial charge in [-0.15, -0.1) is 0 Å². The summed E-state index contributed by atoms with van der Waals surface area (Å²) in [6, 6.07) is 4.29. The Hall–Kier alpha value is -2.11. The first-order valence-electron chi connectivity index (χ1n) is 6.44. The molecule has 1 aromatic carbocycles. The molecule has 0 heterocycles. The average molecular weight is 279 g/mol. The van der Waals surface area contributed by atoms with Crippen molar-refractivity contribution in [2.75, 3.05) is 5.32 Å². The number of nitrogens with zero attached hydrogens (tertiary/aromatic N) is 1. The molecule has 1 rings (SSSR count). The Labute approximate surface area is 118 Å². The molecule has 1 amide bonds. The zero-order valence-electron chi connectivity index (χ0n) is 12.5. The van der Waals surface area contributed by atoms with Crippen LogP contribution in [0.3, 0.4) is 0 Å². The van der Waals surface area contributed by atoms with Crippen molar-refractivity contribution in [2.24, 2.45) is 0 Å². The highest BCUT2D eigenvalue weighted by Crippen LogP contribution is 2.25. The van der Waals surface area contributed by atoms with Gasteiger partial charge in [0.2, 0.25) is 5.91 Å². The summed E-state index contributed by atoms with van der Waals surface area (Å²) in [6.45, 7) is 9.08. The number of amides is 1.